The number of hydrogen-bond acceptors (Lipinski definition) is 4. The summed E-state index contributed by atoms with van der Waals surface area (Å²) in [5.41, 5.74) is 5.62. The SMILES string of the molecule is N/C(=N/O)c1ccnc(Oc2ccc(F)c(F)c2)c1Cl. The molecule has 8 heteroatoms. The molecule has 0 aliphatic rings. The quantitative estimate of drug-likeness (QED) is 0.395. The summed E-state index contributed by atoms with van der Waals surface area (Å²) in [7, 11) is 0. The number of nitrogens with zero attached hydrogens (tertiary/aromatic N) is 2. The van der Waals surface area contributed by atoms with Gasteiger partial charge in [-0.15, -0.1) is 0 Å². The molecule has 0 unspecified atom stereocenters. The maximum atomic E-state index is 13.1. The molecule has 0 fully saturated rings. The highest BCUT2D eigenvalue weighted by molar-refractivity contribution is 6.35. The van der Waals surface area contributed by atoms with E-state index in [9.17, 15) is 8.78 Å². The second-order valence-electron chi connectivity index (χ2n) is 3.64. The molecule has 104 valence electrons. The average molecular weight is 300 g/mol. The maximum absolute atomic E-state index is 13.1. The maximum Gasteiger partial charge on any atom is 0.238 e. The Bertz CT molecular complexity index is 680. The first kappa shape index (κ1) is 14.0. The standard InChI is InChI=1S/C12H8ClF2N3O2/c13-10-7(11(16)18-19)3-4-17-12(10)20-6-1-2-8(14)9(15)5-6/h1-5,19H,(H2,16,18). The Morgan fingerprint density at radius 3 is 2.70 bits per heavy atom. The van der Waals surface area contributed by atoms with E-state index in [0.29, 0.717) is 0 Å². The summed E-state index contributed by atoms with van der Waals surface area (Å²) in [6, 6.07) is 4.39. The molecule has 0 bridgehead atoms. The van der Waals surface area contributed by atoms with Gasteiger partial charge >= 0.3 is 0 Å². The van der Waals surface area contributed by atoms with Crippen LogP contribution in [0.3, 0.4) is 0 Å². The molecule has 0 spiro atoms. The van der Waals surface area contributed by atoms with Crippen LogP contribution in [0.1, 0.15) is 5.56 Å². The lowest BCUT2D eigenvalue weighted by atomic mass is 10.2. The Kier molecular flexibility index (Phi) is 3.99. The van der Waals surface area contributed by atoms with Crippen molar-refractivity contribution in [2.75, 3.05) is 0 Å². The highest BCUT2D eigenvalue weighted by Gasteiger charge is 2.13. The third-order valence-electron chi connectivity index (χ3n) is 2.35. The Hall–Kier alpha value is -2.41. The fourth-order valence-corrected chi connectivity index (χ4v) is 1.65. The molecule has 5 nitrogen and oxygen atoms in total. The number of pyridine rings is 1. The zero-order chi connectivity index (χ0) is 14.7. The third kappa shape index (κ3) is 2.77. The van der Waals surface area contributed by atoms with Crippen molar-refractivity contribution in [3.05, 3.63) is 52.7 Å². The Morgan fingerprint density at radius 1 is 1.30 bits per heavy atom. The molecule has 0 aliphatic carbocycles. The van der Waals surface area contributed by atoms with Crippen LogP contribution >= 0.6 is 11.6 Å². The molecule has 0 atom stereocenters. The summed E-state index contributed by atoms with van der Waals surface area (Å²) in [5.74, 6) is -2.36. The van der Waals surface area contributed by atoms with Gasteiger partial charge in [0.15, 0.2) is 17.5 Å². The van der Waals surface area contributed by atoms with Gasteiger partial charge in [-0.05, 0) is 18.2 Å². The van der Waals surface area contributed by atoms with Crippen LogP contribution in [0.5, 0.6) is 11.6 Å². The highest BCUT2D eigenvalue weighted by Crippen LogP contribution is 2.30. The van der Waals surface area contributed by atoms with Crippen molar-refractivity contribution in [1.82, 2.24) is 4.98 Å². The van der Waals surface area contributed by atoms with Gasteiger partial charge in [-0.2, -0.15) is 0 Å². The van der Waals surface area contributed by atoms with Gasteiger partial charge < -0.3 is 15.7 Å². The number of oxime groups is 1. The van der Waals surface area contributed by atoms with E-state index in [1.54, 1.807) is 0 Å². The molecule has 20 heavy (non-hydrogen) atoms. The van der Waals surface area contributed by atoms with E-state index < -0.39 is 11.6 Å². The first-order chi connectivity index (χ1) is 9.52. The lowest BCUT2D eigenvalue weighted by molar-refractivity contribution is 0.318. The van der Waals surface area contributed by atoms with Gasteiger partial charge in [0.1, 0.15) is 10.8 Å². The van der Waals surface area contributed by atoms with Crippen molar-refractivity contribution < 1.29 is 18.7 Å². The molecule has 2 rings (SSSR count). The largest absolute Gasteiger partial charge is 0.437 e. The summed E-state index contributed by atoms with van der Waals surface area (Å²) < 4.78 is 31.1. The van der Waals surface area contributed by atoms with Gasteiger partial charge in [-0.3, -0.25) is 0 Å². The van der Waals surface area contributed by atoms with Gasteiger partial charge in [-0.25, -0.2) is 13.8 Å². The Morgan fingerprint density at radius 2 is 2.05 bits per heavy atom. The predicted molar refractivity (Wildman–Crippen MR) is 68.2 cm³/mol. The first-order valence-corrected chi connectivity index (χ1v) is 5.66. The van der Waals surface area contributed by atoms with E-state index in [0.717, 1.165) is 12.1 Å². The molecule has 3 N–H and O–H groups in total. The van der Waals surface area contributed by atoms with Crippen molar-refractivity contribution >= 4 is 17.4 Å². The fourth-order valence-electron chi connectivity index (χ4n) is 1.40. The number of nitrogens with two attached hydrogens (primary N) is 1. The van der Waals surface area contributed by atoms with Gasteiger partial charge in [0.25, 0.3) is 0 Å². The van der Waals surface area contributed by atoms with Crippen LogP contribution in [0.4, 0.5) is 8.78 Å². The Balaban J connectivity index is 2.36. The van der Waals surface area contributed by atoms with Gasteiger partial charge in [-0.1, -0.05) is 16.8 Å². The molecular formula is C12H8ClF2N3O2. The van der Waals surface area contributed by atoms with E-state index in [1.807, 2.05) is 0 Å². The van der Waals surface area contributed by atoms with Crippen LogP contribution in [-0.4, -0.2) is 16.0 Å². The zero-order valence-electron chi connectivity index (χ0n) is 9.85. The van der Waals surface area contributed by atoms with E-state index >= 15 is 0 Å². The molecule has 0 amide bonds. The van der Waals surface area contributed by atoms with E-state index in [-0.39, 0.29) is 28.1 Å². The highest BCUT2D eigenvalue weighted by atomic mass is 35.5. The van der Waals surface area contributed by atoms with Crippen molar-refractivity contribution in [3.63, 3.8) is 0 Å². The molecule has 0 radical (unpaired) electrons. The van der Waals surface area contributed by atoms with Crippen LogP contribution in [0.25, 0.3) is 0 Å². The van der Waals surface area contributed by atoms with Gasteiger partial charge in [0.2, 0.25) is 5.88 Å². The number of hydrogen-bond donors (Lipinski definition) is 2. The second kappa shape index (κ2) is 5.70. The molecule has 1 aromatic carbocycles. The molecule has 1 aromatic heterocycles. The lowest BCUT2D eigenvalue weighted by Crippen LogP contribution is -2.14. The smallest absolute Gasteiger partial charge is 0.238 e. The minimum atomic E-state index is -1.06. The summed E-state index contributed by atoms with van der Waals surface area (Å²) >= 11 is 5.98. The molecule has 2 aromatic rings. The minimum Gasteiger partial charge on any atom is -0.437 e. The van der Waals surface area contributed by atoms with Gasteiger partial charge in [0.05, 0.1) is 0 Å². The van der Waals surface area contributed by atoms with Crippen molar-refractivity contribution in [1.29, 1.82) is 0 Å². The number of halogens is 3. The third-order valence-corrected chi connectivity index (χ3v) is 2.71. The number of ether oxygens (including phenoxy) is 1. The van der Waals surface area contributed by atoms with Crippen LogP contribution in [0.15, 0.2) is 35.6 Å². The summed E-state index contributed by atoms with van der Waals surface area (Å²) in [4.78, 5) is 3.84. The lowest BCUT2D eigenvalue weighted by Gasteiger charge is -2.09. The van der Waals surface area contributed by atoms with Crippen molar-refractivity contribution in [2.24, 2.45) is 10.9 Å². The first-order valence-electron chi connectivity index (χ1n) is 5.28. The zero-order valence-corrected chi connectivity index (χ0v) is 10.6. The summed E-state index contributed by atoms with van der Waals surface area (Å²) in [6.45, 7) is 0. The van der Waals surface area contributed by atoms with Crippen LogP contribution in [0.2, 0.25) is 5.02 Å². The van der Waals surface area contributed by atoms with E-state index in [2.05, 4.69) is 10.1 Å². The number of benzene rings is 1. The van der Waals surface area contributed by atoms with Crippen LogP contribution in [-0.2, 0) is 0 Å². The van der Waals surface area contributed by atoms with Gasteiger partial charge in [0, 0.05) is 17.8 Å². The number of aromatic nitrogens is 1. The summed E-state index contributed by atoms with van der Waals surface area (Å²) in [6.07, 6.45) is 1.31. The second-order valence-corrected chi connectivity index (χ2v) is 4.02. The van der Waals surface area contributed by atoms with Crippen LogP contribution < -0.4 is 10.5 Å². The number of rotatable bonds is 3. The van der Waals surface area contributed by atoms with Crippen LogP contribution in [0, 0.1) is 11.6 Å². The van der Waals surface area contributed by atoms with Crippen molar-refractivity contribution in [3.8, 4) is 11.6 Å². The fraction of sp³-hybridized carbons (Fsp3) is 0. The normalized spacial score (nSPS) is 11.4. The molecular weight excluding hydrogens is 292 g/mol. The molecule has 0 aliphatic heterocycles. The Labute approximate surface area is 117 Å². The molecule has 1 heterocycles. The molecule has 0 saturated heterocycles. The summed E-state index contributed by atoms with van der Waals surface area (Å²) in [5, 5.41) is 11.4. The molecule has 0 saturated carbocycles. The topological polar surface area (TPSA) is 80.7 Å². The minimum absolute atomic E-state index is 0.00922. The van der Waals surface area contributed by atoms with E-state index in [1.165, 1.54) is 18.3 Å². The monoisotopic (exact) mass is 299 g/mol. The van der Waals surface area contributed by atoms with Crippen molar-refractivity contribution in [2.45, 2.75) is 0 Å². The number of amidine groups is 1. The predicted octanol–water partition coefficient (Wildman–Crippen LogP) is 2.90. The average Bonchev–Trinajstić information content (AvgIpc) is 2.44. The van der Waals surface area contributed by atoms with E-state index in [4.69, 9.17) is 27.3 Å².